The number of halogens is 6. The third-order valence-electron chi connectivity index (χ3n) is 9.73. The summed E-state index contributed by atoms with van der Waals surface area (Å²) in [6.45, 7) is 5.52. The highest BCUT2D eigenvalue weighted by molar-refractivity contribution is 6.11. The van der Waals surface area contributed by atoms with Crippen LogP contribution in [0.1, 0.15) is 38.9 Å². The first-order valence-corrected chi connectivity index (χ1v) is 16.5. The molecule has 2 aromatic heterocycles. The van der Waals surface area contributed by atoms with Crippen LogP contribution in [0.15, 0.2) is 103 Å². The van der Waals surface area contributed by atoms with Crippen LogP contribution < -0.4 is 0 Å². The summed E-state index contributed by atoms with van der Waals surface area (Å²) in [6, 6.07) is 31.0. The maximum Gasteiger partial charge on any atom is 0.416 e. The van der Waals surface area contributed by atoms with Crippen LogP contribution in [-0.2, 0) is 12.4 Å². The summed E-state index contributed by atoms with van der Waals surface area (Å²) >= 11 is 0. The topological polar surface area (TPSA) is 57.4 Å². The van der Waals surface area contributed by atoms with Crippen molar-refractivity contribution in [3.63, 3.8) is 0 Å². The molecule has 6 aromatic carbocycles. The van der Waals surface area contributed by atoms with E-state index in [2.05, 4.69) is 12.1 Å². The van der Waals surface area contributed by atoms with Gasteiger partial charge in [-0.25, -0.2) is 0 Å². The van der Waals surface area contributed by atoms with Crippen molar-refractivity contribution < 1.29 is 26.3 Å². The Labute approximate surface area is 299 Å². The normalized spacial score (nSPS) is 12.2. The Morgan fingerprint density at radius 3 is 1.28 bits per heavy atom. The van der Waals surface area contributed by atoms with E-state index in [1.807, 2.05) is 63.2 Å². The minimum absolute atomic E-state index is 0.0253. The fraction of sp³-hybridized carbons (Fsp3) is 0.116. The third kappa shape index (κ3) is 5.46. The van der Waals surface area contributed by atoms with Gasteiger partial charge in [0.15, 0.2) is 0 Å². The molecule has 0 aliphatic carbocycles. The fourth-order valence-electron chi connectivity index (χ4n) is 7.39. The smallest absolute Gasteiger partial charge is 0.308 e. The van der Waals surface area contributed by atoms with Crippen LogP contribution in [0.5, 0.6) is 0 Å². The molecule has 0 unspecified atom stereocenters. The molecule has 2 heterocycles. The molecule has 0 radical (unpaired) electrons. The van der Waals surface area contributed by atoms with E-state index in [-0.39, 0.29) is 28.0 Å². The van der Waals surface area contributed by atoms with E-state index >= 15 is 0 Å². The lowest BCUT2D eigenvalue weighted by Gasteiger charge is -2.19. The molecule has 53 heavy (non-hydrogen) atoms. The Balaban J connectivity index is 1.60. The van der Waals surface area contributed by atoms with Gasteiger partial charge < -0.3 is 9.13 Å². The maximum atomic E-state index is 14.2. The number of aryl methyl sites for hydroxylation is 3. The van der Waals surface area contributed by atoms with Gasteiger partial charge in [-0.3, -0.25) is 0 Å². The molecule has 8 aromatic rings. The summed E-state index contributed by atoms with van der Waals surface area (Å²) in [7, 11) is 0. The van der Waals surface area contributed by atoms with E-state index in [1.54, 1.807) is 33.4 Å². The van der Waals surface area contributed by atoms with Crippen molar-refractivity contribution >= 4 is 43.6 Å². The second-order valence-corrected chi connectivity index (χ2v) is 13.4. The summed E-state index contributed by atoms with van der Waals surface area (Å²) in [5.74, 6) is 0. The molecule has 0 saturated carbocycles. The molecular weight excluding hydrogens is 686 g/mol. The molecule has 8 rings (SSSR count). The molecular formula is C43H26F6N4. The van der Waals surface area contributed by atoms with Crippen molar-refractivity contribution in [3.8, 4) is 34.6 Å². The first-order valence-electron chi connectivity index (χ1n) is 16.5. The van der Waals surface area contributed by atoms with Gasteiger partial charge in [0.05, 0.1) is 56.2 Å². The predicted octanol–water partition coefficient (Wildman–Crippen LogP) is 12.3. The lowest BCUT2D eigenvalue weighted by Crippen LogP contribution is -2.08. The van der Waals surface area contributed by atoms with Crippen molar-refractivity contribution in [2.45, 2.75) is 33.1 Å². The molecule has 0 bridgehead atoms. The summed E-state index contributed by atoms with van der Waals surface area (Å²) < 4.78 is 88.7. The minimum Gasteiger partial charge on any atom is -0.308 e. The molecule has 0 saturated heterocycles. The van der Waals surface area contributed by atoms with Gasteiger partial charge in [0.25, 0.3) is 0 Å². The van der Waals surface area contributed by atoms with Crippen molar-refractivity contribution in [3.05, 3.63) is 142 Å². The third-order valence-corrected chi connectivity index (χ3v) is 9.73. The molecule has 4 nitrogen and oxygen atoms in total. The summed E-state index contributed by atoms with van der Waals surface area (Å²) in [5.41, 5.74) is 4.02. The van der Waals surface area contributed by atoms with Crippen LogP contribution in [0.25, 0.3) is 66.1 Å². The Morgan fingerprint density at radius 1 is 0.453 bits per heavy atom. The molecule has 0 atom stereocenters. The Kier molecular flexibility index (Phi) is 7.46. The van der Waals surface area contributed by atoms with Gasteiger partial charge in [-0.1, -0.05) is 42.5 Å². The lowest BCUT2D eigenvalue weighted by molar-refractivity contribution is -0.138. The zero-order chi connectivity index (χ0) is 37.6. The van der Waals surface area contributed by atoms with Crippen LogP contribution in [0, 0.1) is 43.4 Å². The highest BCUT2D eigenvalue weighted by Crippen LogP contribution is 2.43. The average Bonchev–Trinajstić information content (AvgIpc) is 3.60. The number of fused-ring (bicyclic) bond motifs is 6. The zero-order valence-corrected chi connectivity index (χ0v) is 28.4. The number of nitriles is 2. The van der Waals surface area contributed by atoms with E-state index in [0.717, 1.165) is 41.0 Å². The maximum absolute atomic E-state index is 14.2. The number of benzene rings is 6. The van der Waals surface area contributed by atoms with Gasteiger partial charge in [-0.05, 0) is 109 Å². The average molecular weight is 713 g/mol. The predicted molar refractivity (Wildman–Crippen MR) is 194 cm³/mol. The van der Waals surface area contributed by atoms with Gasteiger partial charge in [-0.15, -0.1) is 0 Å². The van der Waals surface area contributed by atoms with Crippen LogP contribution in [-0.4, -0.2) is 9.13 Å². The van der Waals surface area contributed by atoms with E-state index in [0.29, 0.717) is 49.3 Å². The minimum atomic E-state index is -4.66. The second kappa shape index (κ2) is 11.8. The van der Waals surface area contributed by atoms with Crippen molar-refractivity contribution in [2.75, 3.05) is 0 Å². The molecule has 0 fully saturated rings. The first kappa shape index (κ1) is 33.6. The van der Waals surface area contributed by atoms with Crippen molar-refractivity contribution in [1.82, 2.24) is 9.13 Å². The van der Waals surface area contributed by atoms with Gasteiger partial charge in [0, 0.05) is 21.5 Å². The van der Waals surface area contributed by atoms with Crippen LogP contribution in [0.4, 0.5) is 26.3 Å². The lowest BCUT2D eigenvalue weighted by atomic mass is 9.97. The standard InChI is InChI=1S/C43H26F6N4/c1-23-4-8-31-33-10-6-29(42(44,45)46)19-40(33)52(36(31)14-23)38-17-28(27-13-25(3)12-26(16-27)21-50)18-39(35(38)22-51)53-37-15-24(2)5-9-32(37)34-11-7-30(20-41(34)53)43(47,48)49/h4-20H,1-3H3. The molecule has 260 valence electrons. The number of hydrogen-bond acceptors (Lipinski definition) is 2. The number of rotatable bonds is 3. The van der Waals surface area contributed by atoms with E-state index < -0.39 is 23.5 Å². The van der Waals surface area contributed by atoms with E-state index in [9.17, 15) is 36.9 Å². The fourth-order valence-corrected chi connectivity index (χ4v) is 7.39. The molecule has 0 N–H and O–H groups in total. The molecule has 0 aliphatic rings. The first-order chi connectivity index (χ1) is 25.2. The molecule has 0 aliphatic heterocycles. The van der Waals surface area contributed by atoms with E-state index in [1.165, 1.54) is 12.1 Å². The zero-order valence-electron chi connectivity index (χ0n) is 28.4. The Bertz CT molecular complexity index is 2770. The summed E-state index contributed by atoms with van der Waals surface area (Å²) in [5, 5.41) is 23.3. The van der Waals surface area contributed by atoms with Gasteiger partial charge in [0.2, 0.25) is 0 Å². The monoisotopic (exact) mass is 712 g/mol. The second-order valence-electron chi connectivity index (χ2n) is 13.4. The number of aromatic nitrogens is 2. The molecule has 0 spiro atoms. The van der Waals surface area contributed by atoms with Gasteiger partial charge >= 0.3 is 12.4 Å². The summed E-state index contributed by atoms with van der Waals surface area (Å²) in [6.07, 6.45) is -9.33. The molecule has 0 amide bonds. The highest BCUT2D eigenvalue weighted by Gasteiger charge is 2.33. The van der Waals surface area contributed by atoms with Crippen LogP contribution in [0.2, 0.25) is 0 Å². The van der Waals surface area contributed by atoms with Gasteiger partial charge in [-0.2, -0.15) is 36.9 Å². The van der Waals surface area contributed by atoms with E-state index in [4.69, 9.17) is 0 Å². The van der Waals surface area contributed by atoms with Crippen molar-refractivity contribution in [1.29, 1.82) is 10.5 Å². The Morgan fingerprint density at radius 2 is 0.868 bits per heavy atom. The highest BCUT2D eigenvalue weighted by atomic mass is 19.4. The molecule has 10 heteroatoms. The quantitative estimate of drug-likeness (QED) is 0.171. The number of alkyl halides is 6. The van der Waals surface area contributed by atoms with Gasteiger partial charge in [0.1, 0.15) is 11.6 Å². The SMILES string of the molecule is Cc1cc(C#N)cc(-c2cc(-n3c4cc(C)ccc4c4ccc(C(F)(F)F)cc43)c(C#N)c(-n3c4cc(C)ccc4c4ccc(C(F)(F)F)cc43)c2)c1. The Hall–Kier alpha value is -6.52. The van der Waals surface area contributed by atoms with Crippen LogP contribution >= 0.6 is 0 Å². The van der Waals surface area contributed by atoms with Crippen LogP contribution in [0.3, 0.4) is 0 Å². The van der Waals surface area contributed by atoms with Crippen molar-refractivity contribution in [2.24, 2.45) is 0 Å². The largest absolute Gasteiger partial charge is 0.416 e. The number of hydrogen-bond donors (Lipinski definition) is 0. The summed E-state index contributed by atoms with van der Waals surface area (Å²) in [4.78, 5) is 0. The number of nitrogens with zero attached hydrogens (tertiary/aromatic N) is 4.